The Morgan fingerprint density at radius 1 is 1.08 bits per heavy atom. The molecule has 0 unspecified atom stereocenters. The van der Waals surface area contributed by atoms with E-state index in [1.165, 1.54) is 6.42 Å². The van der Waals surface area contributed by atoms with Crippen LogP contribution in [-0.2, 0) is 16.1 Å². The van der Waals surface area contributed by atoms with E-state index in [0.717, 1.165) is 71.8 Å². The van der Waals surface area contributed by atoms with Crippen molar-refractivity contribution in [2.75, 3.05) is 45.2 Å². The van der Waals surface area contributed by atoms with Crippen LogP contribution in [0, 0.1) is 11.3 Å². The number of carbonyl (C=O) groups excluding carboxylic acids is 1. The van der Waals surface area contributed by atoms with Crippen molar-refractivity contribution in [2.45, 2.75) is 47.1 Å². The molecule has 0 saturated heterocycles. The smallest absolute Gasteiger partial charge is 0.293 e. The molecular formula is C29H40N4O3. The minimum Gasteiger partial charge on any atom is -0.493 e. The van der Waals surface area contributed by atoms with Crippen LogP contribution in [0.3, 0.4) is 0 Å². The maximum absolute atomic E-state index is 9.94. The number of anilines is 1. The maximum atomic E-state index is 9.94. The lowest BCUT2D eigenvalue weighted by Gasteiger charge is -2.19. The van der Waals surface area contributed by atoms with Crippen molar-refractivity contribution in [1.82, 2.24) is 9.47 Å². The van der Waals surface area contributed by atoms with Gasteiger partial charge in [0.25, 0.3) is 6.47 Å². The number of ether oxygens (including phenoxy) is 2. The molecule has 7 heteroatoms. The summed E-state index contributed by atoms with van der Waals surface area (Å²) in [7, 11) is 1.91. The van der Waals surface area contributed by atoms with Gasteiger partial charge in [-0.2, -0.15) is 5.26 Å². The van der Waals surface area contributed by atoms with Crippen LogP contribution in [0.5, 0.6) is 5.75 Å². The predicted octanol–water partition coefficient (Wildman–Crippen LogP) is 5.92. The molecule has 0 bridgehead atoms. The van der Waals surface area contributed by atoms with Crippen molar-refractivity contribution in [2.24, 2.45) is 0 Å². The van der Waals surface area contributed by atoms with Crippen LogP contribution in [-0.4, -0.2) is 55.8 Å². The molecule has 0 spiro atoms. The van der Waals surface area contributed by atoms with E-state index in [2.05, 4.69) is 64.6 Å². The average molecular weight is 493 g/mol. The molecule has 36 heavy (non-hydrogen) atoms. The standard InChI is InChI=1S/C26H34N4O.C3H6O2/c1-5-15-29(6-2)16-8-17-31-22-13-14-23-24(19-27)26(30(7-3)25(23)18-22)20-9-11-21(28-4)12-10-20;1-2-5-3-4/h9-14,18,28H,5-8,15-17H2,1-4H3;3H,2H2,1H3. The highest BCUT2D eigenvalue weighted by Crippen LogP contribution is 2.35. The Morgan fingerprint density at radius 2 is 1.83 bits per heavy atom. The molecule has 0 aliphatic rings. The van der Waals surface area contributed by atoms with Gasteiger partial charge in [-0.15, -0.1) is 0 Å². The third kappa shape index (κ3) is 7.50. The zero-order valence-electron chi connectivity index (χ0n) is 22.3. The number of nitriles is 1. The van der Waals surface area contributed by atoms with E-state index >= 15 is 0 Å². The van der Waals surface area contributed by atoms with E-state index < -0.39 is 0 Å². The molecule has 3 rings (SSSR count). The van der Waals surface area contributed by atoms with Crippen molar-refractivity contribution in [3.8, 4) is 23.1 Å². The van der Waals surface area contributed by atoms with Crippen LogP contribution >= 0.6 is 0 Å². The fraction of sp³-hybridized carbons (Fsp3) is 0.448. The highest BCUT2D eigenvalue weighted by molar-refractivity contribution is 5.95. The van der Waals surface area contributed by atoms with Gasteiger partial charge in [0.05, 0.1) is 30.0 Å². The molecule has 194 valence electrons. The number of hydrogen-bond acceptors (Lipinski definition) is 6. The fourth-order valence-electron chi connectivity index (χ4n) is 4.25. The van der Waals surface area contributed by atoms with Gasteiger partial charge in [-0.1, -0.05) is 26.0 Å². The first-order chi connectivity index (χ1) is 17.6. The molecule has 1 aromatic heterocycles. The molecule has 2 aromatic carbocycles. The summed E-state index contributed by atoms with van der Waals surface area (Å²) in [4.78, 5) is 11.6. The van der Waals surface area contributed by atoms with E-state index in [1.54, 1.807) is 6.92 Å². The molecule has 0 atom stereocenters. The van der Waals surface area contributed by atoms with Gasteiger partial charge in [-0.05, 0) is 69.6 Å². The first kappa shape index (κ1) is 28.7. The number of carbonyl (C=O) groups is 1. The lowest BCUT2D eigenvalue weighted by Crippen LogP contribution is -2.26. The van der Waals surface area contributed by atoms with E-state index in [1.807, 2.05) is 31.3 Å². The zero-order valence-corrected chi connectivity index (χ0v) is 22.3. The van der Waals surface area contributed by atoms with Gasteiger partial charge in [0.15, 0.2) is 0 Å². The van der Waals surface area contributed by atoms with Gasteiger partial charge in [0.1, 0.15) is 11.8 Å². The van der Waals surface area contributed by atoms with Gasteiger partial charge in [0.2, 0.25) is 0 Å². The van der Waals surface area contributed by atoms with Crippen molar-refractivity contribution in [1.29, 1.82) is 5.26 Å². The number of nitrogens with one attached hydrogen (secondary N) is 1. The second-order valence-corrected chi connectivity index (χ2v) is 8.27. The molecule has 0 fully saturated rings. The second-order valence-electron chi connectivity index (χ2n) is 8.27. The molecule has 3 aromatic rings. The van der Waals surface area contributed by atoms with Crippen LogP contribution in [0.25, 0.3) is 22.2 Å². The summed E-state index contributed by atoms with van der Waals surface area (Å²) in [5.74, 6) is 0.861. The zero-order chi connectivity index (χ0) is 26.3. The summed E-state index contributed by atoms with van der Waals surface area (Å²) >= 11 is 0. The van der Waals surface area contributed by atoms with Crippen molar-refractivity contribution < 1.29 is 14.3 Å². The van der Waals surface area contributed by atoms with Crippen LogP contribution in [0.15, 0.2) is 42.5 Å². The molecule has 1 N–H and O–H groups in total. The minimum atomic E-state index is 0.431. The highest BCUT2D eigenvalue weighted by atomic mass is 16.5. The van der Waals surface area contributed by atoms with Crippen molar-refractivity contribution >= 4 is 23.1 Å². The molecule has 7 nitrogen and oxygen atoms in total. The third-order valence-electron chi connectivity index (χ3n) is 6.02. The third-order valence-corrected chi connectivity index (χ3v) is 6.02. The SMILES string of the molecule is CCCN(CC)CCCOc1ccc2c(C#N)c(-c3ccc(NC)cc3)n(CC)c2c1.CCOC=O. The number of nitrogens with zero attached hydrogens (tertiary/aromatic N) is 3. The average Bonchev–Trinajstić information content (AvgIpc) is 3.24. The Labute approximate surface area is 215 Å². The van der Waals surface area contributed by atoms with Gasteiger partial charge in [-0.3, -0.25) is 4.79 Å². The Hall–Kier alpha value is -3.50. The monoisotopic (exact) mass is 492 g/mol. The molecule has 0 aliphatic carbocycles. The lowest BCUT2D eigenvalue weighted by atomic mass is 10.1. The van der Waals surface area contributed by atoms with Crippen LogP contribution in [0.1, 0.15) is 46.1 Å². The van der Waals surface area contributed by atoms with E-state index in [9.17, 15) is 10.1 Å². The van der Waals surface area contributed by atoms with Crippen molar-refractivity contribution in [3.05, 3.63) is 48.0 Å². The molecule has 0 amide bonds. The summed E-state index contributed by atoms with van der Waals surface area (Å²) in [6, 6.07) is 16.8. The Bertz CT molecular complexity index is 1120. The molecule has 1 heterocycles. The Balaban J connectivity index is 0.000000830. The summed E-state index contributed by atoms with van der Waals surface area (Å²) in [6.07, 6.45) is 2.19. The molecule has 0 saturated carbocycles. The van der Waals surface area contributed by atoms with Crippen LogP contribution in [0.2, 0.25) is 0 Å². The number of aromatic nitrogens is 1. The lowest BCUT2D eigenvalue weighted by molar-refractivity contribution is -0.128. The molecule has 0 aliphatic heterocycles. The predicted molar refractivity (Wildman–Crippen MR) is 148 cm³/mol. The first-order valence-electron chi connectivity index (χ1n) is 12.8. The normalized spacial score (nSPS) is 10.5. The second kappa shape index (κ2) is 15.5. The Kier molecular flexibility index (Phi) is 12.4. The van der Waals surface area contributed by atoms with Gasteiger partial charge < -0.3 is 24.3 Å². The summed E-state index contributed by atoms with van der Waals surface area (Å²) < 4.78 is 12.4. The number of aryl methyl sites for hydroxylation is 1. The largest absolute Gasteiger partial charge is 0.493 e. The van der Waals surface area contributed by atoms with Gasteiger partial charge in [-0.25, -0.2) is 0 Å². The number of benzene rings is 2. The quantitative estimate of drug-likeness (QED) is 0.236. The summed E-state index contributed by atoms with van der Waals surface area (Å²) in [6.45, 7) is 14.0. The number of fused-ring (bicyclic) bond motifs is 1. The minimum absolute atomic E-state index is 0.431. The van der Waals surface area contributed by atoms with Crippen molar-refractivity contribution in [3.63, 3.8) is 0 Å². The fourth-order valence-corrected chi connectivity index (χ4v) is 4.25. The van der Waals surface area contributed by atoms with Crippen LogP contribution in [0.4, 0.5) is 5.69 Å². The number of hydrogen-bond donors (Lipinski definition) is 1. The Morgan fingerprint density at radius 3 is 2.36 bits per heavy atom. The summed E-state index contributed by atoms with van der Waals surface area (Å²) in [5, 5.41) is 14.1. The molecule has 0 radical (unpaired) electrons. The van der Waals surface area contributed by atoms with Crippen LogP contribution < -0.4 is 10.1 Å². The first-order valence-corrected chi connectivity index (χ1v) is 12.8. The van der Waals surface area contributed by atoms with E-state index in [4.69, 9.17) is 4.74 Å². The molecular weight excluding hydrogens is 452 g/mol. The topological polar surface area (TPSA) is 79.5 Å². The maximum Gasteiger partial charge on any atom is 0.293 e. The summed E-state index contributed by atoms with van der Waals surface area (Å²) in [5.41, 5.74) is 4.84. The van der Waals surface area contributed by atoms with E-state index in [0.29, 0.717) is 19.7 Å². The number of rotatable bonds is 13. The van der Waals surface area contributed by atoms with Gasteiger partial charge in [0, 0.05) is 37.3 Å². The highest BCUT2D eigenvalue weighted by Gasteiger charge is 2.18. The van der Waals surface area contributed by atoms with E-state index in [-0.39, 0.29) is 0 Å². The van der Waals surface area contributed by atoms with Gasteiger partial charge >= 0.3 is 0 Å².